The molecular formula is C14H21NO2S. The number of nitrogens with one attached hydrogen (secondary N) is 1. The molecule has 1 unspecified atom stereocenters. The van der Waals surface area contributed by atoms with Gasteiger partial charge in [-0.15, -0.1) is 11.8 Å². The maximum atomic E-state index is 11.4. The molecule has 4 heteroatoms. The molecule has 0 aromatic heterocycles. The van der Waals surface area contributed by atoms with Crippen LogP contribution in [0.1, 0.15) is 26.3 Å². The first kappa shape index (κ1) is 15.1. The van der Waals surface area contributed by atoms with Gasteiger partial charge in [-0.3, -0.25) is 10.1 Å². The minimum Gasteiger partial charge on any atom is -0.480 e. The van der Waals surface area contributed by atoms with Gasteiger partial charge in [0.05, 0.1) is 0 Å². The highest BCUT2D eigenvalue weighted by molar-refractivity contribution is 7.99. The van der Waals surface area contributed by atoms with Gasteiger partial charge in [0.2, 0.25) is 0 Å². The van der Waals surface area contributed by atoms with Crippen LogP contribution in [0, 0.1) is 6.92 Å². The van der Waals surface area contributed by atoms with E-state index in [1.54, 1.807) is 18.7 Å². The van der Waals surface area contributed by atoms with Crippen molar-refractivity contribution in [1.29, 1.82) is 0 Å². The van der Waals surface area contributed by atoms with Crippen LogP contribution in [0.15, 0.2) is 29.2 Å². The first-order chi connectivity index (χ1) is 8.35. The molecule has 1 aromatic rings. The smallest absolute Gasteiger partial charge is 0.324 e. The molecular weight excluding hydrogens is 246 g/mol. The molecule has 1 rings (SSSR count). The van der Waals surface area contributed by atoms with Crippen LogP contribution in [0.2, 0.25) is 0 Å². The highest BCUT2D eigenvalue weighted by atomic mass is 32.2. The van der Waals surface area contributed by atoms with E-state index in [1.807, 2.05) is 45.0 Å². The molecule has 3 nitrogen and oxygen atoms in total. The van der Waals surface area contributed by atoms with Crippen LogP contribution < -0.4 is 5.32 Å². The van der Waals surface area contributed by atoms with Gasteiger partial charge in [0, 0.05) is 16.7 Å². The topological polar surface area (TPSA) is 49.3 Å². The van der Waals surface area contributed by atoms with Crippen molar-refractivity contribution in [2.45, 2.75) is 44.2 Å². The van der Waals surface area contributed by atoms with E-state index >= 15 is 0 Å². The summed E-state index contributed by atoms with van der Waals surface area (Å²) in [7, 11) is 0. The zero-order chi connectivity index (χ0) is 13.8. The zero-order valence-electron chi connectivity index (χ0n) is 11.4. The molecule has 0 spiro atoms. The van der Waals surface area contributed by atoms with Gasteiger partial charge in [-0.2, -0.15) is 0 Å². The summed E-state index contributed by atoms with van der Waals surface area (Å²) in [6.07, 6.45) is 0. The lowest BCUT2D eigenvalue weighted by molar-refractivity contribution is -0.143. The second-order valence-corrected chi connectivity index (χ2v) is 6.01. The minimum absolute atomic E-state index is 0.142. The maximum absolute atomic E-state index is 11.4. The fraction of sp³-hybridized carbons (Fsp3) is 0.500. The third-order valence-corrected chi connectivity index (χ3v) is 4.18. The molecule has 100 valence electrons. The molecule has 1 atom stereocenters. The van der Waals surface area contributed by atoms with Crippen LogP contribution in [-0.4, -0.2) is 28.4 Å². The van der Waals surface area contributed by atoms with Crippen LogP contribution in [0.5, 0.6) is 0 Å². The number of rotatable bonds is 6. The molecule has 0 aliphatic heterocycles. The summed E-state index contributed by atoms with van der Waals surface area (Å²) in [4.78, 5) is 12.5. The lowest BCUT2D eigenvalue weighted by atomic mass is 10.1. The third-order valence-electron chi connectivity index (χ3n) is 2.69. The molecule has 2 N–H and O–H groups in total. The van der Waals surface area contributed by atoms with Gasteiger partial charge in [0.15, 0.2) is 0 Å². The number of carbonyl (C=O) groups is 1. The van der Waals surface area contributed by atoms with Crippen molar-refractivity contribution in [1.82, 2.24) is 5.32 Å². The van der Waals surface area contributed by atoms with Crippen molar-refractivity contribution in [3.05, 3.63) is 29.8 Å². The van der Waals surface area contributed by atoms with E-state index in [1.165, 1.54) is 5.56 Å². The van der Waals surface area contributed by atoms with Crippen molar-refractivity contribution < 1.29 is 9.90 Å². The van der Waals surface area contributed by atoms with Crippen molar-refractivity contribution in [2.75, 3.05) is 5.75 Å². The average molecular weight is 267 g/mol. The minimum atomic E-state index is -0.902. The quantitative estimate of drug-likeness (QED) is 0.778. The molecule has 1 aromatic carbocycles. The zero-order valence-corrected chi connectivity index (χ0v) is 12.2. The van der Waals surface area contributed by atoms with Crippen LogP contribution in [0.25, 0.3) is 0 Å². The fourth-order valence-electron chi connectivity index (χ4n) is 1.74. The van der Waals surface area contributed by atoms with E-state index in [4.69, 9.17) is 0 Å². The molecule has 18 heavy (non-hydrogen) atoms. The third kappa shape index (κ3) is 4.03. The molecule has 0 fully saturated rings. The highest BCUT2D eigenvalue weighted by Crippen LogP contribution is 2.26. The van der Waals surface area contributed by atoms with Gasteiger partial charge < -0.3 is 5.11 Å². The van der Waals surface area contributed by atoms with Crippen LogP contribution in [0.3, 0.4) is 0 Å². The summed E-state index contributed by atoms with van der Waals surface area (Å²) in [5.74, 6) is -0.303. The Morgan fingerprint density at radius 2 is 2.06 bits per heavy atom. The van der Waals surface area contributed by atoms with Crippen LogP contribution in [-0.2, 0) is 4.79 Å². The highest BCUT2D eigenvalue weighted by Gasteiger charge is 2.33. The fourth-order valence-corrected chi connectivity index (χ4v) is 2.86. The van der Waals surface area contributed by atoms with E-state index in [0.717, 1.165) is 4.90 Å². The van der Waals surface area contributed by atoms with Gasteiger partial charge in [-0.25, -0.2) is 0 Å². The van der Waals surface area contributed by atoms with Crippen molar-refractivity contribution in [3.8, 4) is 0 Å². The molecule has 0 radical (unpaired) electrons. The Kier molecular flexibility index (Phi) is 5.23. The van der Waals surface area contributed by atoms with Crippen molar-refractivity contribution in [2.24, 2.45) is 0 Å². The molecule has 0 saturated carbocycles. The number of aliphatic carboxylic acids is 1. The second-order valence-electron chi connectivity index (χ2n) is 4.99. The van der Waals surface area contributed by atoms with E-state index in [9.17, 15) is 9.90 Å². The summed E-state index contributed by atoms with van der Waals surface area (Å²) in [6, 6.07) is 8.17. The Hall–Kier alpha value is -1.00. The lowest BCUT2D eigenvalue weighted by Crippen LogP contribution is -2.54. The van der Waals surface area contributed by atoms with Crippen LogP contribution in [0.4, 0.5) is 0 Å². The summed E-state index contributed by atoms with van der Waals surface area (Å²) in [5.41, 5.74) is 0.279. The predicted octanol–water partition coefficient (Wildman–Crippen LogP) is 2.93. The first-order valence-electron chi connectivity index (χ1n) is 6.04. The number of aryl methyl sites for hydroxylation is 1. The van der Waals surface area contributed by atoms with Gasteiger partial charge in [-0.05, 0) is 39.3 Å². The standard InChI is InChI=1S/C14H21NO2S/c1-10(2)15-14(4,13(16)17)9-18-12-8-6-5-7-11(12)3/h5-8,10,15H,9H2,1-4H3,(H,16,17). The molecule has 0 saturated heterocycles. The summed E-state index contributed by atoms with van der Waals surface area (Å²) in [6.45, 7) is 7.69. The van der Waals surface area contributed by atoms with Gasteiger partial charge in [-0.1, -0.05) is 18.2 Å². The van der Waals surface area contributed by atoms with Crippen molar-refractivity contribution in [3.63, 3.8) is 0 Å². The number of carboxylic acid groups (broad SMARTS) is 1. The Morgan fingerprint density at radius 3 is 2.56 bits per heavy atom. The summed E-state index contributed by atoms with van der Waals surface area (Å²) >= 11 is 1.58. The average Bonchev–Trinajstić information content (AvgIpc) is 2.27. The number of hydrogen-bond acceptors (Lipinski definition) is 3. The van der Waals surface area contributed by atoms with Crippen molar-refractivity contribution >= 4 is 17.7 Å². The van der Waals surface area contributed by atoms with Crippen LogP contribution >= 0.6 is 11.8 Å². The normalized spacial score (nSPS) is 14.5. The Bertz CT molecular complexity index is 420. The molecule has 0 aliphatic rings. The summed E-state index contributed by atoms with van der Waals surface area (Å²) in [5, 5.41) is 12.5. The van der Waals surface area contributed by atoms with E-state index < -0.39 is 11.5 Å². The maximum Gasteiger partial charge on any atom is 0.324 e. The van der Waals surface area contributed by atoms with Gasteiger partial charge in [0.25, 0.3) is 0 Å². The van der Waals surface area contributed by atoms with E-state index in [-0.39, 0.29) is 6.04 Å². The Labute approximate surface area is 113 Å². The molecule has 0 bridgehead atoms. The molecule has 0 aliphatic carbocycles. The van der Waals surface area contributed by atoms with Gasteiger partial charge in [0.1, 0.15) is 5.54 Å². The lowest BCUT2D eigenvalue weighted by Gasteiger charge is -2.28. The molecule has 0 amide bonds. The number of thioether (sulfide) groups is 1. The van der Waals surface area contributed by atoms with E-state index in [0.29, 0.717) is 5.75 Å². The van der Waals surface area contributed by atoms with Gasteiger partial charge >= 0.3 is 5.97 Å². The number of benzene rings is 1. The Balaban J connectivity index is 2.75. The SMILES string of the molecule is Cc1ccccc1SCC(C)(NC(C)C)C(=O)O. The molecule has 0 heterocycles. The first-order valence-corrected chi connectivity index (χ1v) is 7.03. The Morgan fingerprint density at radius 1 is 1.44 bits per heavy atom. The second kappa shape index (κ2) is 6.25. The predicted molar refractivity (Wildman–Crippen MR) is 76.2 cm³/mol. The number of hydrogen-bond donors (Lipinski definition) is 2. The monoisotopic (exact) mass is 267 g/mol. The van der Waals surface area contributed by atoms with E-state index in [2.05, 4.69) is 5.32 Å². The number of carboxylic acids is 1. The largest absolute Gasteiger partial charge is 0.480 e. The summed E-state index contributed by atoms with van der Waals surface area (Å²) < 4.78 is 0.